The average molecular weight is 457 g/mol. The highest BCUT2D eigenvalue weighted by Gasteiger charge is 2.10. The van der Waals surface area contributed by atoms with Gasteiger partial charge >= 0.3 is 0 Å². The van der Waals surface area contributed by atoms with Crippen LogP contribution in [0, 0.1) is 5.41 Å². The van der Waals surface area contributed by atoms with E-state index in [4.69, 9.17) is 10.1 Å². The Morgan fingerprint density at radius 3 is 2.71 bits per heavy atom. The molecular formula is C25H28N8O. The van der Waals surface area contributed by atoms with Crippen molar-refractivity contribution in [2.24, 2.45) is 0 Å². The summed E-state index contributed by atoms with van der Waals surface area (Å²) in [4.78, 5) is 13.3. The average Bonchev–Trinajstić information content (AvgIpc) is 3.30. The third-order valence-corrected chi connectivity index (χ3v) is 5.25. The number of ether oxygens (including phenoxy) is 1. The predicted octanol–water partition coefficient (Wildman–Crippen LogP) is 3.21. The number of hydrogen-bond donors (Lipinski definition) is 4. The Bertz CT molecular complexity index is 1280. The number of allylic oxidation sites excluding steroid dienone is 1. The largest absolute Gasteiger partial charge is 0.492 e. The second-order valence-electron chi connectivity index (χ2n) is 7.56. The van der Waals surface area contributed by atoms with Crippen LogP contribution in [0.25, 0.3) is 22.6 Å². The molecule has 0 aliphatic rings. The Morgan fingerprint density at radius 2 is 1.94 bits per heavy atom. The number of aromatic nitrogens is 4. The predicted molar refractivity (Wildman–Crippen MR) is 135 cm³/mol. The fourth-order valence-corrected chi connectivity index (χ4v) is 3.48. The molecule has 3 heterocycles. The lowest BCUT2D eigenvalue weighted by Gasteiger charge is -2.09. The Labute approximate surface area is 198 Å². The van der Waals surface area contributed by atoms with Crippen molar-refractivity contribution in [2.45, 2.75) is 6.54 Å². The van der Waals surface area contributed by atoms with Gasteiger partial charge in [0.15, 0.2) is 0 Å². The highest BCUT2D eigenvalue weighted by molar-refractivity contribution is 6.08. The van der Waals surface area contributed by atoms with E-state index < -0.39 is 0 Å². The lowest BCUT2D eigenvalue weighted by Crippen LogP contribution is -2.15. The van der Waals surface area contributed by atoms with Gasteiger partial charge in [0.25, 0.3) is 0 Å². The maximum Gasteiger partial charge on any atom is 0.140 e. The van der Waals surface area contributed by atoms with E-state index in [0.717, 1.165) is 51.8 Å². The second-order valence-corrected chi connectivity index (χ2v) is 7.56. The van der Waals surface area contributed by atoms with Crippen LogP contribution < -0.4 is 20.7 Å². The Morgan fingerprint density at radius 1 is 1.09 bits per heavy atom. The van der Waals surface area contributed by atoms with Gasteiger partial charge in [-0.15, -0.1) is 0 Å². The Hall–Kier alpha value is -4.24. The Kier molecular flexibility index (Phi) is 7.46. The van der Waals surface area contributed by atoms with Gasteiger partial charge in [-0.2, -0.15) is 0 Å². The number of rotatable bonds is 11. The number of likely N-dealkylation sites (N-methyl/N-ethyl adjacent to an activating group) is 1. The van der Waals surface area contributed by atoms with Crippen LogP contribution in [0.1, 0.15) is 11.1 Å². The van der Waals surface area contributed by atoms with Crippen LogP contribution in [0.3, 0.4) is 0 Å². The van der Waals surface area contributed by atoms with Gasteiger partial charge in [0.05, 0.1) is 17.6 Å². The van der Waals surface area contributed by atoms with E-state index in [1.807, 2.05) is 67.2 Å². The molecule has 0 saturated heterocycles. The quantitative estimate of drug-likeness (QED) is 0.202. The van der Waals surface area contributed by atoms with Crippen molar-refractivity contribution in [3.8, 4) is 17.1 Å². The van der Waals surface area contributed by atoms with Gasteiger partial charge in [-0.25, -0.2) is 15.0 Å². The fraction of sp³-hybridized carbons (Fsp3) is 0.200. The van der Waals surface area contributed by atoms with E-state index in [0.29, 0.717) is 13.2 Å². The highest BCUT2D eigenvalue weighted by atomic mass is 16.5. The minimum Gasteiger partial charge on any atom is -0.492 e. The molecule has 0 saturated carbocycles. The van der Waals surface area contributed by atoms with Crippen LogP contribution in [-0.2, 0) is 6.54 Å². The standard InChI is InChI=1S/C25H28N8O/c1-27-8-10-34-21-7-9-33-23(16-30-25(33)11-21)22-12-24(32-17-31-22)29-14-18-3-5-19(6-4-18)20(13-26)15-28-2/h3-7,9,11-13,15-17,26-28H,8,10,14H2,1-2H3,(H,29,31,32)/b20-15+,26-13?. The van der Waals surface area contributed by atoms with Crippen molar-refractivity contribution in [1.82, 2.24) is 30.0 Å². The van der Waals surface area contributed by atoms with Crippen LogP contribution in [0.15, 0.2) is 67.4 Å². The van der Waals surface area contributed by atoms with E-state index in [1.165, 1.54) is 6.21 Å². The summed E-state index contributed by atoms with van der Waals surface area (Å²) < 4.78 is 7.71. The molecule has 1 aromatic carbocycles. The van der Waals surface area contributed by atoms with E-state index >= 15 is 0 Å². The lowest BCUT2D eigenvalue weighted by atomic mass is 10.1. The van der Waals surface area contributed by atoms with E-state index in [-0.39, 0.29) is 0 Å². The van der Waals surface area contributed by atoms with Crippen LogP contribution in [-0.4, -0.2) is 52.8 Å². The minimum atomic E-state index is 0.598. The lowest BCUT2D eigenvalue weighted by molar-refractivity contribution is 0.318. The van der Waals surface area contributed by atoms with Crippen molar-refractivity contribution in [1.29, 1.82) is 5.41 Å². The van der Waals surface area contributed by atoms with Gasteiger partial charge in [0.2, 0.25) is 0 Å². The molecule has 0 bridgehead atoms. The molecule has 34 heavy (non-hydrogen) atoms. The zero-order valence-corrected chi connectivity index (χ0v) is 19.2. The molecule has 4 N–H and O–H groups in total. The van der Waals surface area contributed by atoms with Crippen LogP contribution in [0.4, 0.5) is 5.82 Å². The number of pyridine rings is 1. The molecule has 0 spiro atoms. The van der Waals surface area contributed by atoms with Crippen molar-refractivity contribution >= 4 is 23.3 Å². The molecule has 0 aliphatic heterocycles. The SMILES string of the molecule is CN/C=C(\C=N)c1ccc(CNc2cc(-c3cnc4cc(OCCNC)ccn34)ncn2)cc1. The number of benzene rings is 1. The summed E-state index contributed by atoms with van der Waals surface area (Å²) in [6.45, 7) is 2.00. The summed E-state index contributed by atoms with van der Waals surface area (Å²) in [5.41, 5.74) is 5.37. The van der Waals surface area contributed by atoms with Crippen molar-refractivity contribution < 1.29 is 4.74 Å². The second kappa shape index (κ2) is 11.1. The zero-order valence-electron chi connectivity index (χ0n) is 19.2. The number of imidazole rings is 1. The molecule has 0 amide bonds. The molecule has 0 atom stereocenters. The van der Waals surface area contributed by atoms with Gasteiger partial charge in [-0.05, 0) is 24.2 Å². The zero-order chi connectivity index (χ0) is 23.8. The third-order valence-electron chi connectivity index (χ3n) is 5.25. The van der Waals surface area contributed by atoms with Gasteiger partial charge < -0.3 is 26.1 Å². The molecule has 174 valence electrons. The summed E-state index contributed by atoms with van der Waals surface area (Å²) in [7, 11) is 3.72. The van der Waals surface area contributed by atoms with Gasteiger partial charge in [0, 0.05) is 56.5 Å². The Balaban J connectivity index is 1.45. The first-order valence-electron chi connectivity index (χ1n) is 11.0. The van der Waals surface area contributed by atoms with Crippen LogP contribution >= 0.6 is 0 Å². The van der Waals surface area contributed by atoms with Gasteiger partial charge in [-0.3, -0.25) is 4.40 Å². The van der Waals surface area contributed by atoms with E-state index in [9.17, 15) is 0 Å². The molecule has 0 aliphatic carbocycles. The maximum absolute atomic E-state index is 7.55. The summed E-state index contributed by atoms with van der Waals surface area (Å²) in [5.74, 6) is 1.51. The summed E-state index contributed by atoms with van der Waals surface area (Å²) in [5, 5.41) is 16.9. The number of hydrogen-bond acceptors (Lipinski definition) is 8. The number of fused-ring (bicyclic) bond motifs is 1. The van der Waals surface area contributed by atoms with Crippen molar-refractivity contribution in [3.63, 3.8) is 0 Å². The smallest absolute Gasteiger partial charge is 0.140 e. The normalized spacial score (nSPS) is 11.4. The first-order valence-corrected chi connectivity index (χ1v) is 11.0. The first-order chi connectivity index (χ1) is 16.7. The van der Waals surface area contributed by atoms with E-state index in [2.05, 4.69) is 30.9 Å². The molecule has 0 radical (unpaired) electrons. The molecule has 9 heteroatoms. The van der Waals surface area contributed by atoms with E-state index in [1.54, 1.807) is 18.7 Å². The van der Waals surface area contributed by atoms with Gasteiger partial charge in [0.1, 0.15) is 30.1 Å². The van der Waals surface area contributed by atoms with Crippen molar-refractivity contribution in [3.05, 3.63) is 78.5 Å². The van der Waals surface area contributed by atoms with Crippen molar-refractivity contribution in [2.75, 3.05) is 32.6 Å². The number of nitrogens with zero attached hydrogens (tertiary/aromatic N) is 4. The maximum atomic E-state index is 7.55. The summed E-state index contributed by atoms with van der Waals surface area (Å²) in [6, 6.07) is 13.8. The molecule has 9 nitrogen and oxygen atoms in total. The molecule has 4 rings (SSSR count). The highest BCUT2D eigenvalue weighted by Crippen LogP contribution is 2.23. The third kappa shape index (κ3) is 5.38. The summed E-state index contributed by atoms with van der Waals surface area (Å²) in [6.07, 6.45) is 8.43. The monoisotopic (exact) mass is 456 g/mol. The minimum absolute atomic E-state index is 0.598. The molecular weight excluding hydrogens is 428 g/mol. The topological polar surface area (TPSA) is 112 Å². The van der Waals surface area contributed by atoms with Crippen LogP contribution in [0.2, 0.25) is 0 Å². The molecule has 0 unspecified atom stereocenters. The fourth-order valence-electron chi connectivity index (χ4n) is 3.48. The number of anilines is 1. The molecule has 0 fully saturated rings. The van der Waals surface area contributed by atoms with Gasteiger partial charge in [-0.1, -0.05) is 24.3 Å². The molecule has 3 aromatic heterocycles. The van der Waals surface area contributed by atoms with Crippen LogP contribution in [0.5, 0.6) is 5.75 Å². The summed E-state index contributed by atoms with van der Waals surface area (Å²) >= 11 is 0. The first kappa shape index (κ1) is 22.9. The number of nitrogens with one attached hydrogen (secondary N) is 4. The molecule has 4 aromatic rings.